The molecule has 1 saturated heterocycles. The fourth-order valence-electron chi connectivity index (χ4n) is 3.05. The Kier molecular flexibility index (Phi) is 11.7. The number of hydrogen-bond acceptors (Lipinski definition) is 5. The number of piperidine rings is 1. The molecule has 1 heterocycles. The molecule has 0 spiro atoms. The van der Waals surface area contributed by atoms with Crippen molar-refractivity contribution in [1.82, 2.24) is 4.90 Å². The van der Waals surface area contributed by atoms with Gasteiger partial charge in [0, 0.05) is 30.8 Å². The van der Waals surface area contributed by atoms with Gasteiger partial charge in [-0.3, -0.25) is 9.69 Å². The van der Waals surface area contributed by atoms with Crippen LogP contribution < -0.4 is 68.9 Å². The van der Waals surface area contributed by atoms with Crippen molar-refractivity contribution >= 4 is 25.5 Å². The number of ketones is 1. The maximum atomic E-state index is 13.1. The minimum absolute atomic E-state index is 0. The zero-order valence-electron chi connectivity index (χ0n) is 17.4. The number of halogens is 2. The molecule has 0 atom stereocenters. The predicted molar refractivity (Wildman–Crippen MR) is 103 cm³/mol. The smallest absolute Gasteiger partial charge is 0.811 e. The largest absolute Gasteiger partial charge is 1.00 e. The fraction of sp³-hybridized carbons (Fsp3) is 0.190. The predicted octanol–water partition coefficient (Wildman–Crippen LogP) is -3.76. The first-order chi connectivity index (χ1) is 13.7. The van der Waals surface area contributed by atoms with E-state index in [0.717, 1.165) is 0 Å². The van der Waals surface area contributed by atoms with E-state index in [9.17, 15) is 27.9 Å². The van der Waals surface area contributed by atoms with Gasteiger partial charge in [0.25, 0.3) is 0 Å². The van der Waals surface area contributed by atoms with Gasteiger partial charge in [-0.05, 0) is 53.7 Å². The van der Waals surface area contributed by atoms with Gasteiger partial charge in [0.1, 0.15) is 11.6 Å². The van der Waals surface area contributed by atoms with E-state index in [1.54, 1.807) is 17.1 Å². The summed E-state index contributed by atoms with van der Waals surface area (Å²) in [6, 6.07) is 11.2. The molecule has 1 aliphatic rings. The number of nitrogens with zero attached hydrogens (tertiary/aromatic N) is 1. The molecule has 10 heteroatoms. The first kappa shape index (κ1) is 28.6. The van der Waals surface area contributed by atoms with E-state index in [1.165, 1.54) is 48.5 Å². The molecule has 0 bridgehead atoms. The SMILES string of the molecule is O=C1/C(=C/c2ccc(F)cc2)CN(CCP(=O)([O-])[O-])C/C1=C\c1ccc(F)cc1.[Na+].[Na+]. The molecule has 2 aromatic carbocycles. The number of benzene rings is 2. The van der Waals surface area contributed by atoms with Gasteiger partial charge in [-0.15, -0.1) is 0 Å². The van der Waals surface area contributed by atoms with Gasteiger partial charge in [0.05, 0.1) is 0 Å². The van der Waals surface area contributed by atoms with Crippen molar-refractivity contribution in [2.75, 3.05) is 25.8 Å². The van der Waals surface area contributed by atoms with Crippen LogP contribution in [0.5, 0.6) is 0 Å². The molecule has 3 rings (SSSR count). The summed E-state index contributed by atoms with van der Waals surface area (Å²) in [4.78, 5) is 36.7. The zero-order chi connectivity index (χ0) is 21.0. The Morgan fingerprint density at radius 3 is 1.58 bits per heavy atom. The summed E-state index contributed by atoms with van der Waals surface area (Å²) >= 11 is 0. The van der Waals surface area contributed by atoms with Gasteiger partial charge < -0.3 is 14.4 Å². The van der Waals surface area contributed by atoms with Gasteiger partial charge in [-0.2, -0.15) is 0 Å². The monoisotopic (exact) mass is 463 g/mol. The van der Waals surface area contributed by atoms with Crippen LogP contribution in [-0.4, -0.2) is 36.5 Å². The standard InChI is InChI=1S/C21H20F2NO4P.2Na/c22-19-5-1-15(2-6-19)11-17-13-24(9-10-29(26,27)28)14-18(21(17)25)12-16-3-7-20(23)8-4-16;;/h1-8,11-12H,9-10,13-14H2,(H2,26,27,28);;/q;2*+1/p-2/b17-11+,18-12+;;. The summed E-state index contributed by atoms with van der Waals surface area (Å²) in [5, 5.41) is 0. The van der Waals surface area contributed by atoms with Crippen LogP contribution in [0.25, 0.3) is 12.2 Å². The number of likely N-dealkylation sites (tertiary alicyclic amines) is 1. The second-order valence-electron chi connectivity index (χ2n) is 6.82. The van der Waals surface area contributed by atoms with Crippen LogP contribution in [0.15, 0.2) is 59.7 Å². The number of carbonyl (C=O) groups is 1. The van der Waals surface area contributed by atoms with E-state index < -0.39 is 25.4 Å². The van der Waals surface area contributed by atoms with Crippen LogP contribution in [0.2, 0.25) is 0 Å². The number of hydrogen-bond donors (Lipinski definition) is 0. The first-order valence-corrected chi connectivity index (χ1v) is 10.6. The zero-order valence-corrected chi connectivity index (χ0v) is 22.3. The molecule has 1 aliphatic heterocycles. The Labute approximate surface area is 224 Å². The number of carbonyl (C=O) groups excluding carboxylic acids is 1. The van der Waals surface area contributed by atoms with Crippen LogP contribution in [0.3, 0.4) is 0 Å². The molecule has 0 N–H and O–H groups in total. The second kappa shape index (κ2) is 12.7. The molecule has 1 fully saturated rings. The van der Waals surface area contributed by atoms with Gasteiger partial charge in [-0.25, -0.2) is 8.78 Å². The van der Waals surface area contributed by atoms with E-state index in [2.05, 4.69) is 0 Å². The average molecular weight is 463 g/mol. The van der Waals surface area contributed by atoms with Crippen LogP contribution >= 0.6 is 7.60 Å². The molecule has 0 saturated carbocycles. The van der Waals surface area contributed by atoms with Gasteiger partial charge >= 0.3 is 59.1 Å². The molecule has 0 aromatic heterocycles. The van der Waals surface area contributed by atoms with Gasteiger partial charge in [0.2, 0.25) is 0 Å². The maximum Gasteiger partial charge on any atom is 1.00 e. The van der Waals surface area contributed by atoms with E-state index >= 15 is 0 Å². The maximum absolute atomic E-state index is 13.1. The molecular weight excluding hydrogens is 445 g/mol. The van der Waals surface area contributed by atoms with Crippen molar-refractivity contribution in [3.05, 3.63) is 82.4 Å². The van der Waals surface area contributed by atoms with Gasteiger partial charge in [-0.1, -0.05) is 31.9 Å². The normalized spacial score (nSPS) is 17.4. The minimum atomic E-state index is -4.68. The van der Waals surface area contributed by atoms with E-state index in [4.69, 9.17) is 0 Å². The van der Waals surface area contributed by atoms with Crippen LogP contribution in [0.4, 0.5) is 8.78 Å². The number of rotatable bonds is 5. The Morgan fingerprint density at radius 1 is 0.839 bits per heavy atom. The van der Waals surface area contributed by atoms with Crippen molar-refractivity contribution in [1.29, 1.82) is 0 Å². The van der Waals surface area contributed by atoms with Crippen molar-refractivity contribution in [2.45, 2.75) is 0 Å². The van der Waals surface area contributed by atoms with Crippen molar-refractivity contribution in [3.8, 4) is 0 Å². The van der Waals surface area contributed by atoms with E-state index in [1.807, 2.05) is 0 Å². The topological polar surface area (TPSA) is 83.5 Å². The molecule has 0 unspecified atom stereocenters. The van der Waals surface area contributed by atoms with Crippen molar-refractivity contribution in [2.24, 2.45) is 0 Å². The molecule has 152 valence electrons. The molecule has 5 nitrogen and oxygen atoms in total. The molecule has 2 aromatic rings. The summed E-state index contributed by atoms with van der Waals surface area (Å²) in [6.07, 6.45) is 2.68. The first-order valence-electron chi connectivity index (χ1n) is 8.90. The number of Topliss-reactive ketones (excluding diaryl/α,β-unsaturated/α-hetero) is 1. The quantitative estimate of drug-likeness (QED) is 0.259. The van der Waals surface area contributed by atoms with Gasteiger partial charge in [0.15, 0.2) is 5.78 Å². The Bertz CT molecular complexity index is 938. The summed E-state index contributed by atoms with van der Waals surface area (Å²) in [5.74, 6) is -1.04. The molecular formula is C21H18F2NNa2O4P. The molecule has 0 radical (unpaired) electrons. The summed E-state index contributed by atoms with van der Waals surface area (Å²) in [5.41, 5.74) is 2.03. The van der Waals surface area contributed by atoms with E-state index in [0.29, 0.717) is 22.3 Å². The molecule has 31 heavy (non-hydrogen) atoms. The van der Waals surface area contributed by atoms with Crippen LogP contribution in [0.1, 0.15) is 11.1 Å². The third-order valence-electron chi connectivity index (χ3n) is 4.48. The Morgan fingerprint density at radius 2 is 1.23 bits per heavy atom. The fourth-order valence-corrected chi connectivity index (χ4v) is 3.58. The second-order valence-corrected chi connectivity index (χ2v) is 8.49. The van der Waals surface area contributed by atoms with Crippen LogP contribution in [0, 0.1) is 11.6 Å². The molecule has 0 amide bonds. The Hall–Kier alpha value is -0.440. The Balaban J connectivity index is 0.00000240. The third-order valence-corrected chi connectivity index (χ3v) is 5.23. The average Bonchev–Trinajstić information content (AvgIpc) is 2.66. The van der Waals surface area contributed by atoms with Crippen molar-refractivity contribution < 1.29 is 87.0 Å². The summed E-state index contributed by atoms with van der Waals surface area (Å²) < 4.78 is 37.3. The van der Waals surface area contributed by atoms with Crippen LogP contribution in [-0.2, 0) is 9.36 Å². The summed E-state index contributed by atoms with van der Waals surface area (Å²) in [7, 11) is -4.68. The van der Waals surface area contributed by atoms with E-state index in [-0.39, 0.29) is 84.5 Å². The third kappa shape index (κ3) is 9.14. The van der Waals surface area contributed by atoms with Crippen molar-refractivity contribution in [3.63, 3.8) is 0 Å². The minimum Gasteiger partial charge on any atom is -0.811 e. The summed E-state index contributed by atoms with van der Waals surface area (Å²) in [6.45, 7) is 0.313. The molecule has 0 aliphatic carbocycles.